The summed E-state index contributed by atoms with van der Waals surface area (Å²) in [5.74, 6) is -1.07. The lowest BCUT2D eigenvalue weighted by Crippen LogP contribution is -2.41. The largest absolute Gasteiger partial charge is 0.478 e. The normalized spacial score (nSPS) is 11.8. The molecule has 0 saturated carbocycles. The molecule has 1 rings (SSSR count). The van der Waals surface area contributed by atoms with Gasteiger partial charge < -0.3 is 15.3 Å². The molecule has 116 valence electrons. The Morgan fingerprint density at radius 1 is 1.38 bits per heavy atom. The van der Waals surface area contributed by atoms with Gasteiger partial charge in [-0.1, -0.05) is 20.3 Å². The van der Waals surface area contributed by atoms with Gasteiger partial charge in [-0.05, 0) is 25.8 Å². The molecule has 1 unspecified atom stereocenters. The van der Waals surface area contributed by atoms with Crippen molar-refractivity contribution in [2.75, 3.05) is 11.9 Å². The number of hydrogen-bond acceptors (Lipinski definition) is 3. The number of carboxylic acids is 1. The first-order chi connectivity index (χ1) is 9.99. The maximum Gasteiger partial charge on any atom is 0.337 e. The van der Waals surface area contributed by atoms with Crippen LogP contribution in [-0.2, 0) is 0 Å². The molecule has 0 aliphatic rings. The van der Waals surface area contributed by atoms with Crippen LogP contribution in [0.15, 0.2) is 18.5 Å². The van der Waals surface area contributed by atoms with Gasteiger partial charge in [-0.2, -0.15) is 0 Å². The summed E-state index contributed by atoms with van der Waals surface area (Å²) in [7, 11) is 0. The van der Waals surface area contributed by atoms with E-state index in [4.69, 9.17) is 5.11 Å². The third kappa shape index (κ3) is 5.06. The minimum absolute atomic E-state index is 0.0523. The fourth-order valence-corrected chi connectivity index (χ4v) is 1.89. The van der Waals surface area contributed by atoms with Crippen molar-refractivity contribution in [1.29, 1.82) is 0 Å². The zero-order chi connectivity index (χ0) is 15.8. The number of aromatic nitrogens is 1. The molecule has 0 spiro atoms. The Hall–Kier alpha value is -2.11. The van der Waals surface area contributed by atoms with Gasteiger partial charge in [0.15, 0.2) is 0 Å². The highest BCUT2D eigenvalue weighted by molar-refractivity contribution is 5.92. The summed E-state index contributed by atoms with van der Waals surface area (Å²) in [6.07, 6.45) is 5.51. The molecule has 0 aliphatic heterocycles. The number of aromatic carboxylic acids is 1. The minimum atomic E-state index is -1.07. The maximum absolute atomic E-state index is 12.3. The Labute approximate surface area is 125 Å². The number of carboxylic acid groups (broad SMARTS) is 1. The Kier molecular flexibility index (Phi) is 6.65. The highest BCUT2D eigenvalue weighted by atomic mass is 16.4. The molecule has 2 amide bonds. The maximum atomic E-state index is 12.3. The third-order valence-corrected chi connectivity index (χ3v) is 3.37. The highest BCUT2D eigenvalue weighted by Gasteiger charge is 2.18. The van der Waals surface area contributed by atoms with Crippen molar-refractivity contribution in [2.45, 2.75) is 46.1 Å². The Bertz CT molecular complexity index is 491. The molecule has 21 heavy (non-hydrogen) atoms. The lowest BCUT2D eigenvalue weighted by Gasteiger charge is -2.28. The van der Waals surface area contributed by atoms with Crippen LogP contribution in [0.4, 0.5) is 10.5 Å². The van der Waals surface area contributed by atoms with Crippen molar-refractivity contribution in [2.24, 2.45) is 0 Å². The van der Waals surface area contributed by atoms with E-state index in [9.17, 15) is 9.59 Å². The number of unbranched alkanes of at least 4 members (excludes halogenated alkanes) is 1. The second-order valence-electron chi connectivity index (χ2n) is 5.00. The molecule has 6 nitrogen and oxygen atoms in total. The number of hydrogen-bond donors (Lipinski definition) is 2. The van der Waals surface area contributed by atoms with Gasteiger partial charge in [0, 0.05) is 18.8 Å². The number of nitrogens with zero attached hydrogens (tertiary/aromatic N) is 2. The first kappa shape index (κ1) is 16.9. The number of rotatable bonds is 7. The first-order valence-electron chi connectivity index (χ1n) is 7.25. The molecule has 0 aliphatic carbocycles. The van der Waals surface area contributed by atoms with Gasteiger partial charge in [0.05, 0.1) is 17.4 Å². The molecule has 0 aromatic carbocycles. The number of pyridine rings is 1. The van der Waals surface area contributed by atoms with Gasteiger partial charge in [0.1, 0.15) is 0 Å². The van der Waals surface area contributed by atoms with Crippen molar-refractivity contribution in [3.63, 3.8) is 0 Å². The van der Waals surface area contributed by atoms with Crippen molar-refractivity contribution in [3.8, 4) is 0 Å². The Morgan fingerprint density at radius 3 is 2.67 bits per heavy atom. The van der Waals surface area contributed by atoms with Crippen molar-refractivity contribution < 1.29 is 14.7 Å². The number of amides is 2. The summed E-state index contributed by atoms with van der Waals surface area (Å²) in [6.45, 7) is 6.79. The molecular weight excluding hydrogens is 270 g/mol. The Balaban J connectivity index is 2.80. The zero-order valence-electron chi connectivity index (χ0n) is 12.8. The summed E-state index contributed by atoms with van der Waals surface area (Å²) in [4.78, 5) is 28.9. The fourth-order valence-electron chi connectivity index (χ4n) is 1.89. The topological polar surface area (TPSA) is 82.5 Å². The van der Waals surface area contributed by atoms with Gasteiger partial charge in [-0.15, -0.1) is 0 Å². The number of anilines is 1. The van der Waals surface area contributed by atoms with E-state index in [0.29, 0.717) is 12.2 Å². The van der Waals surface area contributed by atoms with Crippen LogP contribution in [0.25, 0.3) is 0 Å². The van der Waals surface area contributed by atoms with Crippen molar-refractivity contribution in [1.82, 2.24) is 9.88 Å². The molecule has 6 heteroatoms. The van der Waals surface area contributed by atoms with Gasteiger partial charge >= 0.3 is 12.0 Å². The molecule has 0 saturated heterocycles. The molecule has 0 bridgehead atoms. The van der Waals surface area contributed by atoms with Gasteiger partial charge in [-0.3, -0.25) is 4.98 Å². The van der Waals surface area contributed by atoms with Crippen LogP contribution in [0.1, 0.15) is 50.4 Å². The lowest BCUT2D eigenvalue weighted by molar-refractivity contribution is 0.0696. The van der Waals surface area contributed by atoms with E-state index in [1.165, 1.54) is 18.5 Å². The van der Waals surface area contributed by atoms with Crippen LogP contribution in [0.3, 0.4) is 0 Å². The molecule has 1 aromatic heterocycles. The van der Waals surface area contributed by atoms with Crippen molar-refractivity contribution in [3.05, 3.63) is 24.0 Å². The number of carbonyl (C=O) groups excluding carboxylic acids is 1. The van der Waals surface area contributed by atoms with E-state index < -0.39 is 5.97 Å². The van der Waals surface area contributed by atoms with Crippen LogP contribution in [0.2, 0.25) is 0 Å². The van der Waals surface area contributed by atoms with E-state index in [-0.39, 0.29) is 17.6 Å². The number of urea groups is 1. The quantitative estimate of drug-likeness (QED) is 0.808. The second kappa shape index (κ2) is 8.24. The van der Waals surface area contributed by atoms with E-state index in [1.807, 2.05) is 13.8 Å². The first-order valence-corrected chi connectivity index (χ1v) is 7.25. The predicted molar refractivity (Wildman–Crippen MR) is 81.6 cm³/mol. The lowest BCUT2D eigenvalue weighted by atomic mass is 10.2. The van der Waals surface area contributed by atoms with E-state index >= 15 is 0 Å². The van der Waals surface area contributed by atoms with E-state index in [0.717, 1.165) is 19.3 Å². The van der Waals surface area contributed by atoms with Gasteiger partial charge in [0.25, 0.3) is 0 Å². The van der Waals surface area contributed by atoms with E-state index in [1.54, 1.807) is 4.90 Å². The predicted octanol–water partition coefficient (Wildman–Crippen LogP) is 3.21. The molecule has 1 aromatic rings. The Morgan fingerprint density at radius 2 is 2.10 bits per heavy atom. The minimum Gasteiger partial charge on any atom is -0.478 e. The standard InChI is InChI=1S/C15H23N3O3/c1-4-6-7-18(11(3)5-2)15(21)17-13-8-12(14(19)20)9-16-10-13/h8-11H,4-7H2,1-3H3,(H,17,21)(H,19,20). The van der Waals surface area contributed by atoms with Crippen LogP contribution in [-0.4, -0.2) is 39.6 Å². The van der Waals surface area contributed by atoms with Crippen LogP contribution in [0.5, 0.6) is 0 Å². The molecular formula is C15H23N3O3. The van der Waals surface area contributed by atoms with Gasteiger partial charge in [-0.25, -0.2) is 9.59 Å². The summed E-state index contributed by atoms with van der Waals surface area (Å²) < 4.78 is 0. The smallest absolute Gasteiger partial charge is 0.337 e. The summed E-state index contributed by atoms with van der Waals surface area (Å²) in [5.41, 5.74) is 0.446. The zero-order valence-corrected chi connectivity index (χ0v) is 12.8. The highest BCUT2D eigenvalue weighted by Crippen LogP contribution is 2.12. The summed E-state index contributed by atoms with van der Waals surface area (Å²) >= 11 is 0. The molecule has 0 radical (unpaired) electrons. The number of nitrogens with one attached hydrogen (secondary N) is 1. The molecule has 1 atom stereocenters. The van der Waals surface area contributed by atoms with Crippen LogP contribution >= 0.6 is 0 Å². The average Bonchev–Trinajstić information content (AvgIpc) is 2.47. The second-order valence-corrected chi connectivity index (χ2v) is 5.00. The molecule has 1 heterocycles. The van der Waals surface area contributed by atoms with Crippen molar-refractivity contribution >= 4 is 17.7 Å². The summed E-state index contributed by atoms with van der Waals surface area (Å²) in [6, 6.07) is 1.32. The monoisotopic (exact) mass is 293 g/mol. The van der Waals surface area contributed by atoms with Crippen LogP contribution in [0, 0.1) is 0 Å². The fraction of sp³-hybridized carbons (Fsp3) is 0.533. The SMILES string of the molecule is CCCCN(C(=O)Nc1cncc(C(=O)O)c1)C(C)CC. The molecule has 2 N–H and O–H groups in total. The van der Waals surface area contributed by atoms with Crippen LogP contribution < -0.4 is 5.32 Å². The van der Waals surface area contributed by atoms with Gasteiger partial charge in [0.2, 0.25) is 0 Å². The molecule has 0 fully saturated rings. The van der Waals surface area contributed by atoms with E-state index in [2.05, 4.69) is 17.2 Å². The summed E-state index contributed by atoms with van der Waals surface area (Å²) in [5, 5.41) is 11.7. The average molecular weight is 293 g/mol. The number of carbonyl (C=O) groups is 2. The third-order valence-electron chi connectivity index (χ3n) is 3.37.